The molecule has 3 rings (SSSR count). The molecule has 0 radical (unpaired) electrons. The third-order valence-electron chi connectivity index (χ3n) is 6.36. The number of amides is 3. The fraction of sp³-hybridized carbons (Fsp3) is 0.387. The highest BCUT2D eigenvalue weighted by Crippen LogP contribution is 2.33. The van der Waals surface area contributed by atoms with Crippen molar-refractivity contribution in [3.8, 4) is 5.75 Å². The molecule has 4 N–H and O–H groups in total. The number of carbonyl (C=O) groups is 3. The molecule has 0 spiro atoms. The van der Waals surface area contributed by atoms with Gasteiger partial charge in [-0.3, -0.25) is 9.59 Å². The van der Waals surface area contributed by atoms with Gasteiger partial charge in [0.25, 0.3) is 5.91 Å². The quantitative estimate of drug-likeness (QED) is 0.251. The lowest BCUT2D eigenvalue weighted by atomic mass is 9.98. The maximum absolute atomic E-state index is 14.1. The van der Waals surface area contributed by atoms with Crippen LogP contribution >= 0.6 is 11.8 Å². The summed E-state index contributed by atoms with van der Waals surface area (Å²) in [5.74, 6) is -0.756. The number of ether oxygens (including phenoxy) is 1. The number of aryl methyl sites for hydroxylation is 1. The van der Waals surface area contributed by atoms with E-state index in [9.17, 15) is 24.6 Å². The number of aliphatic hydroxyl groups is 1. The number of alkyl carbamates (subject to hydrolysis) is 1. The second-order valence-corrected chi connectivity index (χ2v) is 11.7. The van der Waals surface area contributed by atoms with Crippen molar-refractivity contribution in [3.63, 3.8) is 0 Å². The van der Waals surface area contributed by atoms with E-state index in [2.05, 4.69) is 10.6 Å². The van der Waals surface area contributed by atoms with Gasteiger partial charge in [-0.15, -0.1) is 0 Å². The van der Waals surface area contributed by atoms with Crippen molar-refractivity contribution in [1.29, 1.82) is 0 Å². The second-order valence-electron chi connectivity index (χ2n) is 10.7. The minimum atomic E-state index is -1.31. The Bertz CT molecular complexity index is 1370. The van der Waals surface area contributed by atoms with Crippen LogP contribution in [0.25, 0.3) is 10.8 Å². The van der Waals surface area contributed by atoms with E-state index in [4.69, 9.17) is 4.74 Å². The summed E-state index contributed by atoms with van der Waals surface area (Å²) in [7, 11) is 0. The van der Waals surface area contributed by atoms with Crippen LogP contribution in [0.5, 0.6) is 5.75 Å². The molecule has 0 aliphatic rings. The minimum absolute atomic E-state index is 0.136. The Morgan fingerprint density at radius 1 is 1.02 bits per heavy atom. The Morgan fingerprint density at radius 3 is 2.39 bits per heavy atom. The topological polar surface area (TPSA) is 128 Å². The van der Waals surface area contributed by atoms with Crippen molar-refractivity contribution in [3.05, 3.63) is 71.8 Å². The largest absolute Gasteiger partial charge is 0.507 e. The number of hydrogen-bond donors (Lipinski definition) is 4. The lowest BCUT2D eigenvalue weighted by Gasteiger charge is -2.34. The van der Waals surface area contributed by atoms with Crippen molar-refractivity contribution in [2.75, 3.05) is 30.5 Å². The Hall–Kier alpha value is -3.76. The Morgan fingerprint density at radius 2 is 1.73 bits per heavy atom. The average molecular weight is 582 g/mol. The lowest BCUT2D eigenvalue weighted by Crippen LogP contribution is -2.53. The number of hydrogen-bond acceptors (Lipinski definition) is 7. The number of thioether (sulfide) groups is 1. The minimum Gasteiger partial charge on any atom is -0.507 e. The molecule has 0 bridgehead atoms. The van der Waals surface area contributed by atoms with Gasteiger partial charge in [-0.05, 0) is 74.6 Å². The van der Waals surface area contributed by atoms with E-state index < -0.39 is 42.2 Å². The molecule has 0 saturated carbocycles. The van der Waals surface area contributed by atoms with E-state index in [0.29, 0.717) is 17.0 Å². The maximum Gasteiger partial charge on any atom is 0.408 e. The summed E-state index contributed by atoms with van der Waals surface area (Å²) < 4.78 is 5.38. The van der Waals surface area contributed by atoms with Gasteiger partial charge in [0.2, 0.25) is 5.91 Å². The number of phenolic OH excluding ortho intramolecular Hbond substituents is 1. The van der Waals surface area contributed by atoms with Crippen molar-refractivity contribution in [1.82, 2.24) is 10.2 Å². The highest BCUT2D eigenvalue weighted by Gasteiger charge is 2.37. The average Bonchev–Trinajstić information content (AvgIpc) is 2.91. The monoisotopic (exact) mass is 581 g/mol. The standard InChI is InChI=1S/C31H39N3O6S/c1-20-9-8-12-24(27(20)36)26(28(37)32-23-14-13-21-10-6-7-11-22(21)19-23)34(16-17-35)29(38)25(15-18-41-5)33-30(39)40-31(2,3)4/h6-14,19,25-26,35-36H,15-18H2,1-5H3,(H,32,37)(H,33,39). The molecule has 10 heteroatoms. The molecular formula is C31H39N3O6S. The molecule has 2 unspecified atom stereocenters. The van der Waals surface area contributed by atoms with Gasteiger partial charge in [0.15, 0.2) is 0 Å². The van der Waals surface area contributed by atoms with E-state index >= 15 is 0 Å². The summed E-state index contributed by atoms with van der Waals surface area (Å²) in [4.78, 5) is 41.9. The number of nitrogens with one attached hydrogen (secondary N) is 2. The Balaban J connectivity index is 2.03. The molecule has 3 aromatic carbocycles. The van der Waals surface area contributed by atoms with Crippen molar-refractivity contribution < 1.29 is 29.3 Å². The van der Waals surface area contributed by atoms with Crippen LogP contribution < -0.4 is 10.6 Å². The van der Waals surface area contributed by atoms with Crippen LogP contribution in [-0.4, -0.2) is 69.8 Å². The fourth-order valence-electron chi connectivity index (χ4n) is 4.45. The number of aliphatic hydroxyl groups excluding tert-OH is 1. The van der Waals surface area contributed by atoms with Gasteiger partial charge in [0.1, 0.15) is 23.4 Å². The molecule has 0 aromatic heterocycles. The zero-order chi connectivity index (χ0) is 30.2. The van der Waals surface area contributed by atoms with Crippen molar-refractivity contribution in [2.24, 2.45) is 0 Å². The third kappa shape index (κ3) is 8.61. The number of phenols is 1. The summed E-state index contributed by atoms with van der Waals surface area (Å²) in [5, 5.41) is 28.4. The third-order valence-corrected chi connectivity index (χ3v) is 7.01. The van der Waals surface area contributed by atoms with Gasteiger partial charge in [-0.25, -0.2) is 4.79 Å². The zero-order valence-electron chi connectivity index (χ0n) is 24.1. The van der Waals surface area contributed by atoms with Crippen molar-refractivity contribution in [2.45, 2.75) is 51.8 Å². The van der Waals surface area contributed by atoms with Crippen LogP contribution in [0.1, 0.15) is 44.4 Å². The number of fused-ring (bicyclic) bond motifs is 1. The van der Waals surface area contributed by atoms with Crippen LogP contribution in [0.3, 0.4) is 0 Å². The first-order valence-electron chi connectivity index (χ1n) is 13.4. The molecule has 0 aliphatic heterocycles. The van der Waals surface area contributed by atoms with E-state index in [0.717, 1.165) is 10.8 Å². The number of anilines is 1. The molecule has 0 aliphatic carbocycles. The first kappa shape index (κ1) is 31.8. The van der Waals surface area contributed by atoms with E-state index in [-0.39, 0.29) is 24.3 Å². The Kier molecular flexibility index (Phi) is 11.0. The predicted octanol–water partition coefficient (Wildman–Crippen LogP) is 5.00. The van der Waals surface area contributed by atoms with Crippen LogP contribution in [-0.2, 0) is 14.3 Å². The Labute approximate surface area is 245 Å². The van der Waals surface area contributed by atoms with Crippen LogP contribution in [0.15, 0.2) is 60.7 Å². The molecule has 3 aromatic rings. The number of carbonyl (C=O) groups excluding carboxylic acids is 3. The SMILES string of the molecule is CSCCC(NC(=O)OC(C)(C)C)C(=O)N(CCO)C(C(=O)Nc1ccc2ccccc2c1)c1cccc(C)c1O. The van der Waals surface area contributed by atoms with E-state index in [1.165, 1.54) is 16.7 Å². The molecule has 9 nitrogen and oxygen atoms in total. The van der Waals surface area contributed by atoms with E-state index in [1.807, 2.05) is 42.7 Å². The number of benzene rings is 3. The number of nitrogens with zero attached hydrogens (tertiary/aromatic N) is 1. The van der Waals surface area contributed by atoms with Gasteiger partial charge < -0.3 is 30.5 Å². The summed E-state index contributed by atoms with van der Waals surface area (Å²) in [5.41, 5.74) is 0.449. The van der Waals surface area contributed by atoms with Gasteiger partial charge in [0, 0.05) is 17.8 Å². The molecule has 0 fully saturated rings. The number of para-hydroxylation sites is 1. The van der Waals surface area contributed by atoms with Crippen LogP contribution in [0.2, 0.25) is 0 Å². The zero-order valence-corrected chi connectivity index (χ0v) is 25.0. The fourth-order valence-corrected chi connectivity index (χ4v) is 4.92. The molecular weight excluding hydrogens is 542 g/mol. The highest BCUT2D eigenvalue weighted by molar-refractivity contribution is 7.98. The summed E-state index contributed by atoms with van der Waals surface area (Å²) in [6.07, 6.45) is 1.38. The first-order chi connectivity index (χ1) is 19.4. The van der Waals surface area contributed by atoms with Crippen LogP contribution in [0, 0.1) is 6.92 Å². The van der Waals surface area contributed by atoms with Gasteiger partial charge >= 0.3 is 6.09 Å². The normalized spacial score (nSPS) is 12.8. The van der Waals surface area contributed by atoms with Gasteiger partial charge in [-0.1, -0.05) is 48.5 Å². The molecule has 41 heavy (non-hydrogen) atoms. The second kappa shape index (κ2) is 14.2. The van der Waals surface area contributed by atoms with Crippen LogP contribution in [0.4, 0.5) is 10.5 Å². The summed E-state index contributed by atoms with van der Waals surface area (Å²) in [6.45, 7) is 6.19. The number of rotatable bonds is 11. The molecule has 0 heterocycles. The molecule has 3 amide bonds. The molecule has 220 valence electrons. The summed E-state index contributed by atoms with van der Waals surface area (Å²) in [6, 6.07) is 15.8. The van der Waals surface area contributed by atoms with Gasteiger partial charge in [0.05, 0.1) is 6.61 Å². The van der Waals surface area contributed by atoms with Crippen molar-refractivity contribution >= 4 is 46.1 Å². The smallest absolute Gasteiger partial charge is 0.408 e. The first-order valence-corrected chi connectivity index (χ1v) is 14.8. The highest BCUT2D eigenvalue weighted by atomic mass is 32.2. The molecule has 2 atom stereocenters. The maximum atomic E-state index is 14.1. The number of aromatic hydroxyl groups is 1. The van der Waals surface area contributed by atoms with E-state index in [1.54, 1.807) is 52.0 Å². The molecule has 0 saturated heterocycles. The lowest BCUT2D eigenvalue weighted by molar-refractivity contribution is -0.141. The summed E-state index contributed by atoms with van der Waals surface area (Å²) >= 11 is 1.50. The predicted molar refractivity (Wildman–Crippen MR) is 163 cm³/mol. The van der Waals surface area contributed by atoms with Gasteiger partial charge in [-0.2, -0.15) is 11.8 Å².